The average molecular weight is 316 g/mol. The van der Waals surface area contributed by atoms with E-state index in [9.17, 15) is 5.11 Å². The fraction of sp³-hybridized carbons (Fsp3) is 0.688. The number of aliphatic hydroxyl groups is 1. The van der Waals surface area contributed by atoms with Gasteiger partial charge >= 0.3 is 0 Å². The van der Waals surface area contributed by atoms with Crippen molar-refractivity contribution in [1.29, 1.82) is 0 Å². The number of nitrogens with zero attached hydrogens (tertiary/aromatic N) is 5. The number of aromatic nitrogens is 4. The summed E-state index contributed by atoms with van der Waals surface area (Å²) < 4.78 is 1.73. The van der Waals surface area contributed by atoms with Gasteiger partial charge in [0.05, 0.1) is 17.7 Å². The molecule has 3 N–H and O–H groups in total. The third-order valence-electron chi connectivity index (χ3n) is 5.52. The molecule has 2 aromatic rings. The minimum absolute atomic E-state index is 0.202. The first-order valence-corrected chi connectivity index (χ1v) is 8.51. The molecule has 1 saturated carbocycles. The Morgan fingerprint density at radius 3 is 2.78 bits per heavy atom. The molecule has 124 valence electrons. The predicted molar refractivity (Wildman–Crippen MR) is 89.0 cm³/mol. The number of fused-ring (bicyclic) bond motifs is 1. The summed E-state index contributed by atoms with van der Waals surface area (Å²) in [4.78, 5) is 11.3. The Kier molecular flexibility index (Phi) is 3.60. The van der Waals surface area contributed by atoms with Crippen molar-refractivity contribution in [3.63, 3.8) is 0 Å². The van der Waals surface area contributed by atoms with E-state index in [4.69, 9.17) is 5.73 Å². The lowest BCUT2D eigenvalue weighted by atomic mass is 9.82. The minimum atomic E-state index is -0.202. The van der Waals surface area contributed by atoms with E-state index in [-0.39, 0.29) is 6.10 Å². The summed E-state index contributed by atoms with van der Waals surface area (Å²) in [5, 5.41) is 15.4. The summed E-state index contributed by atoms with van der Waals surface area (Å²) in [6.07, 6.45) is 7.32. The molecular weight excluding hydrogens is 292 g/mol. The van der Waals surface area contributed by atoms with Crippen LogP contribution in [0.5, 0.6) is 0 Å². The number of nitrogen functional groups attached to an aromatic ring is 1. The van der Waals surface area contributed by atoms with Crippen molar-refractivity contribution < 1.29 is 5.11 Å². The van der Waals surface area contributed by atoms with Gasteiger partial charge in [-0.2, -0.15) is 15.1 Å². The summed E-state index contributed by atoms with van der Waals surface area (Å²) >= 11 is 0. The van der Waals surface area contributed by atoms with Gasteiger partial charge in [0, 0.05) is 26.1 Å². The van der Waals surface area contributed by atoms with E-state index >= 15 is 0 Å². The summed E-state index contributed by atoms with van der Waals surface area (Å²) in [6, 6.07) is 0. The van der Waals surface area contributed by atoms with Crippen LogP contribution in [0.3, 0.4) is 0 Å². The van der Waals surface area contributed by atoms with E-state index in [2.05, 4.69) is 20.0 Å². The summed E-state index contributed by atoms with van der Waals surface area (Å²) in [5.41, 5.74) is 6.84. The number of nitrogens with two attached hydrogens (primary N) is 1. The molecule has 2 fully saturated rings. The molecule has 1 saturated heterocycles. The lowest BCUT2D eigenvalue weighted by molar-refractivity contribution is 0.0559. The van der Waals surface area contributed by atoms with E-state index in [1.807, 2.05) is 7.05 Å². The Bertz CT molecular complexity index is 708. The molecule has 23 heavy (non-hydrogen) atoms. The Morgan fingerprint density at radius 1 is 1.22 bits per heavy atom. The van der Waals surface area contributed by atoms with Crippen LogP contribution in [0.1, 0.15) is 32.1 Å². The largest absolute Gasteiger partial charge is 0.393 e. The highest BCUT2D eigenvalue weighted by Gasteiger charge is 2.36. The second kappa shape index (κ2) is 5.63. The van der Waals surface area contributed by atoms with Crippen LogP contribution >= 0.6 is 0 Å². The van der Waals surface area contributed by atoms with Crippen LogP contribution in [0.15, 0.2) is 6.20 Å². The van der Waals surface area contributed by atoms with Crippen molar-refractivity contribution in [3.05, 3.63) is 6.20 Å². The Balaban J connectivity index is 1.63. The zero-order chi connectivity index (χ0) is 16.0. The maximum Gasteiger partial charge on any atom is 0.229 e. The second-order valence-electron chi connectivity index (χ2n) is 6.92. The Labute approximate surface area is 135 Å². The van der Waals surface area contributed by atoms with Crippen LogP contribution in [0.25, 0.3) is 11.0 Å². The minimum Gasteiger partial charge on any atom is -0.393 e. The number of hydrogen-bond acceptors (Lipinski definition) is 6. The van der Waals surface area contributed by atoms with Crippen molar-refractivity contribution >= 4 is 22.8 Å². The number of anilines is 2. The van der Waals surface area contributed by atoms with Gasteiger partial charge in [0.15, 0.2) is 5.65 Å². The van der Waals surface area contributed by atoms with Crippen molar-refractivity contribution in [3.8, 4) is 0 Å². The monoisotopic (exact) mass is 316 g/mol. The maximum absolute atomic E-state index is 10.4. The average Bonchev–Trinajstić information content (AvgIpc) is 3.19. The molecule has 0 radical (unpaired) electrons. The van der Waals surface area contributed by atoms with Gasteiger partial charge in [0.25, 0.3) is 0 Å². The SMILES string of the molecule is Cn1ncc2c(N)nc(N3CC[C@@H](O)[C@H](C4CCCC4)C3)nc21. The standard InChI is InChI=1S/C16H24N6O/c1-21-15-11(8-18-21)14(17)19-16(20-15)22-7-6-13(23)12(9-22)10-4-2-3-5-10/h8,10,12-13,23H,2-7,9H2,1H3,(H2,17,19,20)/t12-,13+/m0/s1. The molecule has 2 atom stereocenters. The van der Waals surface area contributed by atoms with E-state index < -0.39 is 0 Å². The zero-order valence-corrected chi connectivity index (χ0v) is 13.5. The maximum atomic E-state index is 10.4. The van der Waals surface area contributed by atoms with E-state index in [0.717, 1.165) is 30.5 Å². The molecule has 2 aromatic heterocycles. The molecule has 7 heteroatoms. The smallest absolute Gasteiger partial charge is 0.229 e. The van der Waals surface area contributed by atoms with Crippen molar-refractivity contribution in [2.24, 2.45) is 18.9 Å². The molecule has 7 nitrogen and oxygen atoms in total. The molecular formula is C16H24N6O. The normalized spacial score (nSPS) is 26.3. The highest BCUT2D eigenvalue weighted by molar-refractivity contribution is 5.86. The molecule has 0 spiro atoms. The summed E-state index contributed by atoms with van der Waals surface area (Å²) in [6.45, 7) is 1.59. The molecule has 4 rings (SSSR count). The van der Waals surface area contributed by atoms with Crippen LogP contribution in [-0.4, -0.2) is 44.0 Å². The third kappa shape index (κ3) is 2.52. The van der Waals surface area contributed by atoms with E-state index in [1.165, 1.54) is 25.7 Å². The summed E-state index contributed by atoms with van der Waals surface area (Å²) in [5.74, 6) is 2.08. The van der Waals surface area contributed by atoms with Crippen LogP contribution in [0.2, 0.25) is 0 Å². The van der Waals surface area contributed by atoms with E-state index in [1.54, 1.807) is 10.9 Å². The van der Waals surface area contributed by atoms with Gasteiger partial charge in [-0.25, -0.2) is 0 Å². The van der Waals surface area contributed by atoms with Gasteiger partial charge in [0.2, 0.25) is 5.95 Å². The Hall–Kier alpha value is -1.89. The molecule has 0 unspecified atom stereocenters. The number of aliphatic hydroxyl groups excluding tert-OH is 1. The molecule has 0 amide bonds. The van der Waals surface area contributed by atoms with E-state index in [0.29, 0.717) is 23.6 Å². The first-order valence-electron chi connectivity index (χ1n) is 8.51. The third-order valence-corrected chi connectivity index (χ3v) is 5.52. The molecule has 2 aliphatic rings. The first kappa shape index (κ1) is 14.7. The van der Waals surface area contributed by atoms with Crippen molar-refractivity contribution in [2.75, 3.05) is 23.7 Å². The Morgan fingerprint density at radius 2 is 2.00 bits per heavy atom. The first-order chi connectivity index (χ1) is 11.1. The molecule has 0 aromatic carbocycles. The molecule has 1 aliphatic carbocycles. The number of piperidine rings is 1. The number of hydrogen-bond donors (Lipinski definition) is 2. The highest BCUT2D eigenvalue weighted by atomic mass is 16.3. The van der Waals surface area contributed by atoms with Crippen LogP contribution in [0.4, 0.5) is 11.8 Å². The van der Waals surface area contributed by atoms with Gasteiger partial charge in [-0.15, -0.1) is 0 Å². The van der Waals surface area contributed by atoms with Crippen molar-refractivity contribution in [1.82, 2.24) is 19.7 Å². The van der Waals surface area contributed by atoms with Crippen LogP contribution in [-0.2, 0) is 7.05 Å². The summed E-state index contributed by atoms with van der Waals surface area (Å²) in [7, 11) is 1.86. The highest BCUT2D eigenvalue weighted by Crippen LogP contribution is 2.37. The fourth-order valence-electron chi connectivity index (χ4n) is 4.17. The van der Waals surface area contributed by atoms with Gasteiger partial charge in [-0.1, -0.05) is 25.7 Å². The molecule has 3 heterocycles. The number of rotatable bonds is 2. The van der Waals surface area contributed by atoms with Gasteiger partial charge in [-0.05, 0) is 12.3 Å². The van der Waals surface area contributed by atoms with Gasteiger partial charge in [0.1, 0.15) is 5.82 Å². The van der Waals surface area contributed by atoms with Gasteiger partial charge < -0.3 is 15.7 Å². The number of aryl methyl sites for hydroxylation is 1. The topological polar surface area (TPSA) is 93.1 Å². The van der Waals surface area contributed by atoms with Gasteiger partial charge in [-0.3, -0.25) is 4.68 Å². The molecule has 1 aliphatic heterocycles. The fourth-order valence-corrected chi connectivity index (χ4v) is 4.17. The van der Waals surface area contributed by atoms with Crippen LogP contribution in [0, 0.1) is 11.8 Å². The zero-order valence-electron chi connectivity index (χ0n) is 13.5. The quantitative estimate of drug-likeness (QED) is 0.868. The lowest BCUT2D eigenvalue weighted by Crippen LogP contribution is -2.46. The lowest BCUT2D eigenvalue weighted by Gasteiger charge is -2.39. The van der Waals surface area contributed by atoms with Crippen LogP contribution < -0.4 is 10.6 Å². The predicted octanol–water partition coefficient (Wildman–Crippen LogP) is 1.32. The van der Waals surface area contributed by atoms with Crippen molar-refractivity contribution in [2.45, 2.75) is 38.2 Å². The second-order valence-corrected chi connectivity index (χ2v) is 6.92. The molecule has 0 bridgehead atoms.